The Bertz CT molecular complexity index is 1310. The summed E-state index contributed by atoms with van der Waals surface area (Å²) in [5.74, 6) is 0.649. The Kier molecular flexibility index (Phi) is 5.62. The van der Waals surface area contributed by atoms with Crippen LogP contribution < -0.4 is 10.1 Å². The number of hydrogen-bond donors (Lipinski definition) is 2. The van der Waals surface area contributed by atoms with E-state index < -0.39 is 5.60 Å². The maximum absolute atomic E-state index is 12.8. The van der Waals surface area contributed by atoms with Crippen LogP contribution in [0, 0.1) is 6.92 Å². The summed E-state index contributed by atoms with van der Waals surface area (Å²) in [6, 6.07) is 15.8. The first-order valence-electron chi connectivity index (χ1n) is 10.0. The van der Waals surface area contributed by atoms with Crippen molar-refractivity contribution in [3.63, 3.8) is 0 Å². The van der Waals surface area contributed by atoms with Crippen molar-refractivity contribution < 1.29 is 14.6 Å². The number of aliphatic hydroxyl groups is 1. The average Bonchev–Trinajstić information content (AvgIpc) is 3.12. The van der Waals surface area contributed by atoms with Crippen LogP contribution in [0.15, 0.2) is 54.6 Å². The average molecular weight is 451 g/mol. The fraction of sp³-hybridized carbons (Fsp3) is 0.208. The molecule has 2 aromatic heterocycles. The van der Waals surface area contributed by atoms with E-state index in [0.717, 1.165) is 22.5 Å². The Balaban J connectivity index is 1.71. The number of carbonyl (C=O) groups excluding carboxylic acids is 1. The van der Waals surface area contributed by atoms with Crippen LogP contribution in [0.3, 0.4) is 0 Å². The molecule has 0 saturated heterocycles. The number of aromatic nitrogens is 3. The maximum Gasteiger partial charge on any atom is 0.256 e. The Morgan fingerprint density at radius 2 is 1.84 bits per heavy atom. The molecule has 0 aliphatic rings. The minimum atomic E-state index is -0.976. The van der Waals surface area contributed by atoms with Crippen LogP contribution in [0.5, 0.6) is 5.75 Å². The summed E-state index contributed by atoms with van der Waals surface area (Å²) in [4.78, 5) is 17.4. The van der Waals surface area contributed by atoms with Crippen molar-refractivity contribution in [2.24, 2.45) is 0 Å². The van der Waals surface area contributed by atoms with Gasteiger partial charge in [0.05, 0.1) is 29.1 Å². The molecule has 2 N–H and O–H groups in total. The second-order valence-electron chi connectivity index (χ2n) is 8.02. The first-order chi connectivity index (χ1) is 15.2. The molecule has 0 aliphatic carbocycles. The highest BCUT2D eigenvalue weighted by atomic mass is 35.5. The number of methoxy groups -OCH3 is 1. The number of nitrogens with one attached hydrogen (secondary N) is 1. The topological polar surface area (TPSA) is 88.8 Å². The van der Waals surface area contributed by atoms with Crippen molar-refractivity contribution in [3.05, 3.63) is 76.4 Å². The minimum Gasteiger partial charge on any atom is -0.495 e. The van der Waals surface area contributed by atoms with Crippen LogP contribution in [0.25, 0.3) is 16.9 Å². The molecule has 4 aromatic rings. The van der Waals surface area contributed by atoms with Gasteiger partial charge in [-0.2, -0.15) is 5.10 Å². The summed E-state index contributed by atoms with van der Waals surface area (Å²) in [6.07, 6.45) is 0. The lowest BCUT2D eigenvalue weighted by Crippen LogP contribution is -2.17. The molecule has 0 aliphatic heterocycles. The number of rotatable bonds is 5. The highest BCUT2D eigenvalue weighted by molar-refractivity contribution is 6.32. The number of nitrogens with zero attached hydrogens (tertiary/aromatic N) is 3. The number of halogens is 1. The summed E-state index contributed by atoms with van der Waals surface area (Å²) >= 11 is 6.33. The first-order valence-corrected chi connectivity index (χ1v) is 10.4. The largest absolute Gasteiger partial charge is 0.495 e. The summed E-state index contributed by atoms with van der Waals surface area (Å²) in [5.41, 5.74) is 3.12. The Hall–Kier alpha value is -3.42. The van der Waals surface area contributed by atoms with Gasteiger partial charge in [0.2, 0.25) is 0 Å². The molecule has 0 unspecified atom stereocenters. The van der Waals surface area contributed by atoms with E-state index in [-0.39, 0.29) is 5.91 Å². The van der Waals surface area contributed by atoms with Gasteiger partial charge in [-0.15, -0.1) is 0 Å². The van der Waals surface area contributed by atoms with Crippen LogP contribution in [-0.4, -0.2) is 32.7 Å². The van der Waals surface area contributed by atoms with Gasteiger partial charge in [0, 0.05) is 23.3 Å². The molecule has 0 fully saturated rings. The van der Waals surface area contributed by atoms with Gasteiger partial charge in [0.15, 0.2) is 5.65 Å². The third kappa shape index (κ3) is 4.30. The maximum atomic E-state index is 12.8. The van der Waals surface area contributed by atoms with Gasteiger partial charge in [-0.3, -0.25) is 4.79 Å². The predicted molar refractivity (Wildman–Crippen MR) is 124 cm³/mol. The van der Waals surface area contributed by atoms with E-state index in [0.29, 0.717) is 27.8 Å². The van der Waals surface area contributed by atoms with Gasteiger partial charge in [0.25, 0.3) is 5.91 Å². The molecular formula is C24H23ClN4O3. The third-order valence-corrected chi connectivity index (χ3v) is 5.39. The lowest BCUT2D eigenvalue weighted by molar-refractivity contribution is 0.0785. The SMILES string of the molecule is COc1ccc(-c2cc(NC(=O)c3ccc(C(C)(C)O)cc3)nc3cc(C)nn23)cc1Cl. The molecule has 2 heterocycles. The fourth-order valence-corrected chi connectivity index (χ4v) is 3.66. The zero-order chi connectivity index (χ0) is 23.0. The van der Waals surface area contributed by atoms with Crippen LogP contribution in [0.2, 0.25) is 5.02 Å². The van der Waals surface area contributed by atoms with Gasteiger partial charge >= 0.3 is 0 Å². The molecule has 4 rings (SSSR count). The Morgan fingerprint density at radius 3 is 2.47 bits per heavy atom. The molecule has 8 heteroatoms. The highest BCUT2D eigenvalue weighted by Crippen LogP contribution is 2.31. The number of amides is 1. The molecule has 0 bridgehead atoms. The molecule has 0 atom stereocenters. The third-order valence-electron chi connectivity index (χ3n) is 5.09. The second kappa shape index (κ2) is 8.26. The summed E-state index contributed by atoms with van der Waals surface area (Å²) in [5, 5.41) is 18.0. The normalized spacial score (nSPS) is 11.6. The number of carbonyl (C=O) groups is 1. The number of hydrogen-bond acceptors (Lipinski definition) is 5. The number of anilines is 1. The van der Waals surface area contributed by atoms with E-state index in [1.165, 1.54) is 0 Å². The number of fused-ring (bicyclic) bond motifs is 1. The van der Waals surface area contributed by atoms with E-state index in [4.69, 9.17) is 16.3 Å². The van der Waals surface area contributed by atoms with E-state index >= 15 is 0 Å². The Labute approximate surface area is 190 Å². The van der Waals surface area contributed by atoms with Crippen molar-refractivity contribution in [3.8, 4) is 17.0 Å². The van der Waals surface area contributed by atoms with Crippen molar-refractivity contribution in [1.29, 1.82) is 0 Å². The summed E-state index contributed by atoms with van der Waals surface area (Å²) < 4.78 is 6.95. The lowest BCUT2D eigenvalue weighted by atomic mass is 9.97. The predicted octanol–water partition coefficient (Wildman–Crippen LogP) is 4.85. The van der Waals surface area contributed by atoms with E-state index in [1.807, 2.05) is 19.1 Å². The van der Waals surface area contributed by atoms with Crippen molar-refractivity contribution in [1.82, 2.24) is 14.6 Å². The molecular weight excluding hydrogens is 428 g/mol. The molecule has 0 spiro atoms. The number of ether oxygens (including phenoxy) is 1. The van der Waals surface area contributed by atoms with Crippen molar-refractivity contribution >= 4 is 29.0 Å². The minimum absolute atomic E-state index is 0.306. The summed E-state index contributed by atoms with van der Waals surface area (Å²) in [6.45, 7) is 5.27. The van der Waals surface area contributed by atoms with Crippen LogP contribution in [-0.2, 0) is 5.60 Å². The zero-order valence-electron chi connectivity index (χ0n) is 18.2. The van der Waals surface area contributed by atoms with Gasteiger partial charge < -0.3 is 15.2 Å². The molecule has 164 valence electrons. The van der Waals surface area contributed by atoms with Crippen LogP contribution in [0.4, 0.5) is 5.82 Å². The van der Waals surface area contributed by atoms with Crippen molar-refractivity contribution in [2.75, 3.05) is 12.4 Å². The van der Waals surface area contributed by atoms with Gasteiger partial charge in [-0.1, -0.05) is 23.7 Å². The van der Waals surface area contributed by atoms with Crippen LogP contribution in [0.1, 0.15) is 35.5 Å². The van der Waals surface area contributed by atoms with E-state index in [2.05, 4.69) is 15.4 Å². The lowest BCUT2D eigenvalue weighted by Gasteiger charge is -2.17. The van der Waals surface area contributed by atoms with E-state index in [1.54, 1.807) is 67.9 Å². The Morgan fingerprint density at radius 1 is 1.12 bits per heavy atom. The smallest absolute Gasteiger partial charge is 0.256 e. The summed E-state index contributed by atoms with van der Waals surface area (Å²) in [7, 11) is 1.56. The van der Waals surface area contributed by atoms with E-state index in [9.17, 15) is 9.90 Å². The molecule has 32 heavy (non-hydrogen) atoms. The second-order valence-corrected chi connectivity index (χ2v) is 8.43. The quantitative estimate of drug-likeness (QED) is 0.454. The monoisotopic (exact) mass is 450 g/mol. The zero-order valence-corrected chi connectivity index (χ0v) is 18.9. The van der Waals surface area contributed by atoms with Gasteiger partial charge in [-0.05, 0) is 56.7 Å². The van der Waals surface area contributed by atoms with Crippen LogP contribution >= 0.6 is 11.6 Å². The fourth-order valence-electron chi connectivity index (χ4n) is 3.40. The molecule has 1 amide bonds. The standard InChI is InChI=1S/C24H23ClN4O3/c1-14-11-22-26-21(27-23(30)15-5-8-17(9-6-15)24(2,3)31)13-19(29(22)28-14)16-7-10-20(32-4)18(25)12-16/h5-13,31H,1-4H3,(H,26,27,30). The number of benzene rings is 2. The van der Waals surface area contributed by atoms with Gasteiger partial charge in [0.1, 0.15) is 11.6 Å². The molecule has 0 saturated carbocycles. The highest BCUT2D eigenvalue weighted by Gasteiger charge is 2.17. The number of aryl methyl sites for hydroxylation is 1. The van der Waals surface area contributed by atoms with Gasteiger partial charge in [-0.25, -0.2) is 9.50 Å². The molecule has 0 radical (unpaired) electrons. The molecule has 7 nitrogen and oxygen atoms in total. The molecule has 2 aromatic carbocycles. The van der Waals surface area contributed by atoms with Crippen molar-refractivity contribution in [2.45, 2.75) is 26.4 Å². The first kappa shape index (κ1) is 21.8.